The molecule has 0 spiro atoms. The molecule has 1 amide bonds. The summed E-state index contributed by atoms with van der Waals surface area (Å²) >= 11 is 0. The minimum Gasteiger partial charge on any atom is -0.495 e. The fourth-order valence-electron chi connectivity index (χ4n) is 1.92. The molecule has 2 N–H and O–H groups in total. The Bertz CT molecular complexity index is 642. The van der Waals surface area contributed by atoms with Gasteiger partial charge in [0.1, 0.15) is 23.1 Å². The number of nitrogens with one attached hydrogen (secondary N) is 2. The highest BCUT2D eigenvalue weighted by molar-refractivity contribution is 5.91. The Kier molecular flexibility index (Phi) is 5.30. The maximum Gasteiger partial charge on any atom is 0.226 e. The lowest BCUT2D eigenvalue weighted by atomic mass is 10.2. The summed E-state index contributed by atoms with van der Waals surface area (Å²) in [5.41, 5.74) is 0.319. The summed E-state index contributed by atoms with van der Waals surface area (Å²) in [7, 11) is 1.55. The van der Waals surface area contributed by atoms with Gasteiger partial charge in [0.2, 0.25) is 5.91 Å². The monoisotopic (exact) mass is 306 g/mol. The molecule has 0 atom stereocenters. The van der Waals surface area contributed by atoms with Gasteiger partial charge in [0.15, 0.2) is 0 Å². The number of carbonyl (C=O) groups excluding carboxylic acids is 1. The number of ether oxygens (including phenoxy) is 1. The molecule has 116 valence electrons. The van der Waals surface area contributed by atoms with E-state index < -0.39 is 23.2 Å². The molecule has 0 saturated carbocycles. The highest BCUT2D eigenvalue weighted by Crippen LogP contribution is 2.23. The van der Waals surface area contributed by atoms with Crippen LogP contribution in [0, 0.1) is 11.6 Å². The Labute approximate surface area is 127 Å². The van der Waals surface area contributed by atoms with E-state index in [0.717, 1.165) is 17.8 Å². The number of halogens is 2. The number of benzene rings is 2. The molecule has 0 aliphatic heterocycles. The maximum atomic E-state index is 13.4. The third-order valence-corrected chi connectivity index (χ3v) is 3.00. The Morgan fingerprint density at radius 1 is 1.09 bits per heavy atom. The van der Waals surface area contributed by atoms with Crippen LogP contribution in [-0.4, -0.2) is 19.6 Å². The van der Waals surface area contributed by atoms with Gasteiger partial charge in [-0.3, -0.25) is 4.79 Å². The van der Waals surface area contributed by atoms with Crippen LogP contribution in [0.4, 0.5) is 20.2 Å². The van der Waals surface area contributed by atoms with Gasteiger partial charge < -0.3 is 15.4 Å². The Balaban J connectivity index is 1.88. The number of anilines is 2. The van der Waals surface area contributed by atoms with Crippen molar-refractivity contribution < 1.29 is 18.3 Å². The van der Waals surface area contributed by atoms with Gasteiger partial charge in [-0.05, 0) is 24.3 Å². The summed E-state index contributed by atoms with van der Waals surface area (Å²) in [6.07, 6.45) is 0.0613. The summed E-state index contributed by atoms with van der Waals surface area (Å²) in [5.74, 6) is -1.42. The van der Waals surface area contributed by atoms with Gasteiger partial charge in [-0.25, -0.2) is 8.78 Å². The quantitative estimate of drug-likeness (QED) is 0.860. The number of carbonyl (C=O) groups is 1. The highest BCUT2D eigenvalue weighted by Gasteiger charge is 2.11. The zero-order valence-corrected chi connectivity index (χ0v) is 12.0. The van der Waals surface area contributed by atoms with E-state index in [0.29, 0.717) is 12.3 Å². The Morgan fingerprint density at radius 2 is 1.77 bits per heavy atom. The van der Waals surface area contributed by atoms with Gasteiger partial charge >= 0.3 is 0 Å². The van der Waals surface area contributed by atoms with Gasteiger partial charge in [-0.1, -0.05) is 18.2 Å². The average molecular weight is 306 g/mol. The lowest BCUT2D eigenvalue weighted by Crippen LogP contribution is -2.18. The van der Waals surface area contributed by atoms with Crippen molar-refractivity contribution in [3.63, 3.8) is 0 Å². The number of hydrogen-bond acceptors (Lipinski definition) is 3. The fraction of sp³-hybridized carbons (Fsp3) is 0.188. The third-order valence-electron chi connectivity index (χ3n) is 3.00. The number of amides is 1. The van der Waals surface area contributed by atoms with Crippen molar-refractivity contribution >= 4 is 17.3 Å². The smallest absolute Gasteiger partial charge is 0.226 e. The summed E-state index contributed by atoms with van der Waals surface area (Å²) in [4.78, 5) is 11.7. The molecule has 22 heavy (non-hydrogen) atoms. The average Bonchev–Trinajstić information content (AvgIpc) is 2.51. The van der Waals surface area contributed by atoms with Crippen molar-refractivity contribution in [1.82, 2.24) is 0 Å². The molecule has 0 aliphatic carbocycles. The first kappa shape index (κ1) is 15.8. The van der Waals surface area contributed by atoms with E-state index in [1.165, 1.54) is 6.07 Å². The minimum absolute atomic E-state index is 0.0613. The predicted molar refractivity (Wildman–Crippen MR) is 81.1 cm³/mol. The Hall–Kier alpha value is -2.63. The largest absolute Gasteiger partial charge is 0.495 e. The fourth-order valence-corrected chi connectivity index (χ4v) is 1.92. The van der Waals surface area contributed by atoms with E-state index in [1.54, 1.807) is 13.2 Å². The predicted octanol–water partition coefficient (Wildman–Crippen LogP) is 3.41. The second-order valence-electron chi connectivity index (χ2n) is 4.52. The Morgan fingerprint density at radius 3 is 2.45 bits per heavy atom. The van der Waals surface area contributed by atoms with Crippen molar-refractivity contribution in [3.8, 4) is 5.75 Å². The lowest BCUT2D eigenvalue weighted by molar-refractivity contribution is -0.116. The molecule has 0 bridgehead atoms. The van der Waals surface area contributed by atoms with E-state index in [-0.39, 0.29) is 6.42 Å². The summed E-state index contributed by atoms with van der Waals surface area (Å²) < 4.78 is 32.0. The molecule has 4 nitrogen and oxygen atoms in total. The molecular formula is C16H16F2N2O2. The van der Waals surface area contributed by atoms with Crippen molar-refractivity contribution in [1.29, 1.82) is 0 Å². The molecule has 2 aromatic carbocycles. The van der Waals surface area contributed by atoms with Gasteiger partial charge in [0.25, 0.3) is 0 Å². The van der Waals surface area contributed by atoms with E-state index in [4.69, 9.17) is 4.74 Å². The van der Waals surface area contributed by atoms with Crippen LogP contribution >= 0.6 is 0 Å². The zero-order chi connectivity index (χ0) is 15.9. The van der Waals surface area contributed by atoms with Crippen LogP contribution in [0.1, 0.15) is 6.42 Å². The third kappa shape index (κ3) is 3.94. The normalized spacial score (nSPS) is 10.1. The van der Waals surface area contributed by atoms with E-state index in [1.807, 2.05) is 18.2 Å². The first-order valence-electron chi connectivity index (χ1n) is 6.72. The highest BCUT2D eigenvalue weighted by atomic mass is 19.1. The van der Waals surface area contributed by atoms with Gasteiger partial charge in [-0.2, -0.15) is 0 Å². The topological polar surface area (TPSA) is 50.4 Å². The van der Waals surface area contributed by atoms with Crippen LogP contribution in [0.2, 0.25) is 0 Å². The molecule has 0 radical (unpaired) electrons. The standard InChI is InChI=1S/C16H16F2N2O2/c1-22-14-8-3-2-7-13(14)19-10-9-15(21)20-16-11(17)5-4-6-12(16)18/h2-8,19H,9-10H2,1H3,(H,20,21). The molecule has 2 aromatic rings. The SMILES string of the molecule is COc1ccccc1NCCC(=O)Nc1c(F)cccc1F. The first-order valence-corrected chi connectivity index (χ1v) is 6.72. The summed E-state index contributed by atoms with van der Waals surface area (Å²) in [6, 6.07) is 10.7. The molecule has 0 fully saturated rings. The number of rotatable bonds is 6. The van der Waals surface area contributed by atoms with E-state index in [2.05, 4.69) is 10.6 Å². The lowest BCUT2D eigenvalue weighted by Gasteiger charge is -2.11. The van der Waals surface area contributed by atoms with Gasteiger partial charge in [0, 0.05) is 13.0 Å². The van der Waals surface area contributed by atoms with Crippen molar-refractivity contribution in [2.75, 3.05) is 24.3 Å². The molecule has 0 heterocycles. The summed E-state index contributed by atoms with van der Waals surface area (Å²) in [5, 5.41) is 5.27. The number of methoxy groups -OCH3 is 1. The number of hydrogen-bond donors (Lipinski definition) is 2. The van der Waals surface area contributed by atoms with Crippen LogP contribution in [0.25, 0.3) is 0 Å². The molecule has 0 aromatic heterocycles. The number of para-hydroxylation sites is 3. The van der Waals surface area contributed by atoms with Gasteiger partial charge in [0.05, 0.1) is 12.8 Å². The van der Waals surface area contributed by atoms with Crippen LogP contribution in [0.3, 0.4) is 0 Å². The van der Waals surface area contributed by atoms with E-state index >= 15 is 0 Å². The van der Waals surface area contributed by atoms with Crippen LogP contribution in [0.15, 0.2) is 42.5 Å². The maximum absolute atomic E-state index is 13.4. The van der Waals surface area contributed by atoms with Crippen LogP contribution in [0.5, 0.6) is 5.75 Å². The molecule has 6 heteroatoms. The van der Waals surface area contributed by atoms with Crippen LogP contribution in [-0.2, 0) is 4.79 Å². The summed E-state index contributed by atoms with van der Waals surface area (Å²) in [6.45, 7) is 0.308. The van der Waals surface area contributed by atoms with Crippen LogP contribution < -0.4 is 15.4 Å². The van der Waals surface area contributed by atoms with Crippen molar-refractivity contribution in [2.45, 2.75) is 6.42 Å². The minimum atomic E-state index is -0.800. The van der Waals surface area contributed by atoms with Crippen molar-refractivity contribution in [2.24, 2.45) is 0 Å². The molecule has 0 aliphatic rings. The zero-order valence-electron chi connectivity index (χ0n) is 12.0. The molecule has 0 saturated heterocycles. The van der Waals surface area contributed by atoms with E-state index in [9.17, 15) is 13.6 Å². The van der Waals surface area contributed by atoms with Gasteiger partial charge in [-0.15, -0.1) is 0 Å². The van der Waals surface area contributed by atoms with Crippen molar-refractivity contribution in [3.05, 3.63) is 54.1 Å². The molecule has 2 rings (SSSR count). The first-order chi connectivity index (χ1) is 10.6. The second-order valence-corrected chi connectivity index (χ2v) is 4.52. The second kappa shape index (κ2) is 7.40. The molecular weight excluding hydrogens is 290 g/mol. The molecule has 0 unspecified atom stereocenters.